The number of alkyl halides is 3. The standard InChI is InChI=1S/C33H33ClF5N5O6S3.ClH/c1-33(2,51(3,45)46)12-11-25-20-7-6-8-21(20)26(28(41-25)24(40)15-17-13-18(35)16-19(36)14-17)22-9-10-23(34)27-29(22)43(31(39)30(37)38)42-32(27)44(52(4,47)48)53(5,49)50;/h9-10,13-14,16,24,30-31H,6-8,15,40H2,1-5H3;1H/t24-,31?;/m0./s1. The first-order valence-corrected chi connectivity index (χ1v) is 21.6. The molecule has 5 rings (SSSR count). The highest BCUT2D eigenvalue weighted by Crippen LogP contribution is 2.46. The van der Waals surface area contributed by atoms with E-state index in [9.17, 15) is 42.8 Å². The molecule has 2 aromatic heterocycles. The van der Waals surface area contributed by atoms with E-state index in [1.165, 1.54) is 26.0 Å². The van der Waals surface area contributed by atoms with Crippen LogP contribution in [0.15, 0.2) is 30.3 Å². The number of rotatable bonds is 10. The molecule has 0 aliphatic heterocycles. The third-order valence-corrected chi connectivity index (χ3v) is 14.1. The molecule has 21 heteroatoms. The third-order valence-electron chi connectivity index (χ3n) is 8.70. The number of sulfone groups is 1. The van der Waals surface area contributed by atoms with Crippen LogP contribution in [0.5, 0.6) is 0 Å². The number of fused-ring (bicyclic) bond motifs is 2. The van der Waals surface area contributed by atoms with Crippen LogP contribution >= 0.6 is 24.0 Å². The SMILES string of the molecule is CC(C)(C#Cc1nc([C@@H](N)Cc2cc(F)cc(F)c2)c(-c2ccc(Cl)c3c(N(S(C)(=O)=O)S(C)(=O)=O)nn(C(F)C(F)F)c23)c2c1CCC2)S(C)(=O)=O.Cl. The number of benzene rings is 2. The number of sulfonamides is 2. The highest BCUT2D eigenvalue weighted by atomic mass is 35.5. The van der Waals surface area contributed by atoms with E-state index in [-0.39, 0.29) is 66.7 Å². The van der Waals surface area contributed by atoms with Crippen LogP contribution in [-0.4, -0.2) is 70.0 Å². The summed E-state index contributed by atoms with van der Waals surface area (Å²) in [6, 6.07) is 3.99. The Balaban J connectivity index is 0.00000650. The maximum Gasteiger partial charge on any atom is 0.289 e. The summed E-state index contributed by atoms with van der Waals surface area (Å²) in [6.07, 6.45) is -4.08. The first-order valence-electron chi connectivity index (χ1n) is 15.7. The van der Waals surface area contributed by atoms with Gasteiger partial charge in [-0.05, 0) is 80.3 Å². The molecule has 0 saturated carbocycles. The number of nitrogens with two attached hydrogens (primary N) is 1. The zero-order valence-electron chi connectivity index (χ0n) is 29.2. The molecule has 0 spiro atoms. The van der Waals surface area contributed by atoms with Gasteiger partial charge in [-0.3, -0.25) is 0 Å². The normalized spacial score (nSPS) is 14.7. The first-order chi connectivity index (χ1) is 24.3. The van der Waals surface area contributed by atoms with Crippen LogP contribution in [0.4, 0.5) is 27.8 Å². The fourth-order valence-corrected chi connectivity index (χ4v) is 9.45. The minimum atomic E-state index is -4.75. The molecule has 2 aromatic carbocycles. The summed E-state index contributed by atoms with van der Waals surface area (Å²) in [5, 5.41) is 2.89. The molecule has 11 nitrogen and oxygen atoms in total. The highest BCUT2D eigenvalue weighted by molar-refractivity contribution is 8.09. The maximum atomic E-state index is 15.6. The predicted molar refractivity (Wildman–Crippen MR) is 198 cm³/mol. The molecular weight excluding hydrogens is 824 g/mol. The molecule has 2 heterocycles. The molecule has 2 N–H and O–H groups in total. The van der Waals surface area contributed by atoms with Crippen LogP contribution in [0.3, 0.4) is 0 Å². The van der Waals surface area contributed by atoms with Crippen LogP contribution in [0.1, 0.15) is 60.7 Å². The summed E-state index contributed by atoms with van der Waals surface area (Å²) in [5.74, 6) is 2.79. The molecule has 0 radical (unpaired) electrons. The average Bonchev–Trinajstić information content (AvgIpc) is 3.63. The summed E-state index contributed by atoms with van der Waals surface area (Å²) >= 11 is 6.51. The van der Waals surface area contributed by atoms with Crippen LogP contribution in [0.25, 0.3) is 22.0 Å². The van der Waals surface area contributed by atoms with Gasteiger partial charge >= 0.3 is 0 Å². The Morgan fingerprint density at radius 3 is 2.07 bits per heavy atom. The fourth-order valence-electron chi connectivity index (χ4n) is 6.13. The summed E-state index contributed by atoms with van der Waals surface area (Å²) in [5.41, 5.74) is 7.36. The van der Waals surface area contributed by atoms with E-state index in [0.29, 0.717) is 42.5 Å². The van der Waals surface area contributed by atoms with Gasteiger partial charge in [-0.25, -0.2) is 56.9 Å². The van der Waals surface area contributed by atoms with Gasteiger partial charge in [0.2, 0.25) is 20.0 Å². The molecule has 0 amide bonds. The molecule has 1 aliphatic rings. The zero-order valence-corrected chi connectivity index (χ0v) is 33.2. The topological polar surface area (TPSA) is 162 Å². The Hall–Kier alpha value is -3.54. The quantitative estimate of drug-likeness (QED) is 0.153. The van der Waals surface area contributed by atoms with Crippen LogP contribution in [-0.2, 0) is 49.1 Å². The second-order valence-corrected chi connectivity index (χ2v) is 20.0. The van der Waals surface area contributed by atoms with Gasteiger partial charge in [0.25, 0.3) is 12.7 Å². The molecule has 0 bridgehead atoms. The molecule has 2 atom stereocenters. The van der Waals surface area contributed by atoms with Gasteiger partial charge in [-0.15, -0.1) is 21.2 Å². The van der Waals surface area contributed by atoms with Crippen molar-refractivity contribution in [2.24, 2.45) is 5.73 Å². The summed E-state index contributed by atoms with van der Waals surface area (Å²) in [4.78, 5) is 4.72. The van der Waals surface area contributed by atoms with Crippen LogP contribution in [0, 0.1) is 23.5 Å². The van der Waals surface area contributed by atoms with Crippen LogP contribution in [0.2, 0.25) is 5.02 Å². The third kappa shape index (κ3) is 8.33. The molecule has 294 valence electrons. The zero-order chi connectivity index (χ0) is 39.6. The Kier molecular flexibility index (Phi) is 12.1. The number of anilines is 1. The van der Waals surface area contributed by atoms with Crippen molar-refractivity contribution in [3.63, 3.8) is 0 Å². The summed E-state index contributed by atoms with van der Waals surface area (Å²) in [7, 11) is -13.2. The fraction of sp³-hybridized carbons (Fsp3) is 0.394. The second-order valence-electron chi connectivity index (χ2n) is 13.2. The first kappa shape index (κ1) is 43.2. The molecule has 1 unspecified atom stereocenters. The van der Waals surface area contributed by atoms with Crippen molar-refractivity contribution in [2.75, 3.05) is 22.5 Å². The van der Waals surface area contributed by atoms with Gasteiger partial charge in [0.1, 0.15) is 22.1 Å². The lowest BCUT2D eigenvalue weighted by molar-refractivity contribution is 0.00365. The van der Waals surface area contributed by atoms with E-state index in [2.05, 4.69) is 16.9 Å². The van der Waals surface area contributed by atoms with Gasteiger partial charge in [0.05, 0.1) is 40.2 Å². The lowest BCUT2D eigenvalue weighted by Crippen LogP contribution is -2.35. The average molecular weight is 859 g/mol. The summed E-state index contributed by atoms with van der Waals surface area (Å²) in [6.45, 7) is 2.79. The minimum absolute atomic E-state index is 0. The van der Waals surface area contributed by atoms with Crippen molar-refractivity contribution < 1.29 is 47.2 Å². The number of halogens is 7. The lowest BCUT2D eigenvalue weighted by Gasteiger charge is -2.22. The molecule has 0 saturated heterocycles. The number of aromatic nitrogens is 3. The molecule has 0 fully saturated rings. The van der Waals surface area contributed by atoms with E-state index in [1.54, 1.807) is 0 Å². The van der Waals surface area contributed by atoms with Gasteiger partial charge < -0.3 is 5.73 Å². The van der Waals surface area contributed by atoms with E-state index in [1.807, 2.05) is 0 Å². The van der Waals surface area contributed by atoms with Crippen molar-refractivity contribution in [1.29, 1.82) is 0 Å². The molecular formula is C33H34Cl2F5N5O6S3. The maximum absolute atomic E-state index is 15.6. The monoisotopic (exact) mass is 857 g/mol. The number of pyridine rings is 1. The lowest BCUT2D eigenvalue weighted by atomic mass is 9.89. The van der Waals surface area contributed by atoms with Crippen molar-refractivity contribution in [3.05, 3.63) is 75.1 Å². The largest absolute Gasteiger partial charge is 0.322 e. The van der Waals surface area contributed by atoms with Crippen molar-refractivity contribution in [2.45, 2.75) is 63.0 Å². The van der Waals surface area contributed by atoms with E-state index in [0.717, 1.165) is 18.4 Å². The molecule has 54 heavy (non-hydrogen) atoms. The van der Waals surface area contributed by atoms with Crippen molar-refractivity contribution in [3.8, 4) is 23.0 Å². The van der Waals surface area contributed by atoms with Gasteiger partial charge in [-0.2, -0.15) is 0 Å². The Labute approximate surface area is 320 Å². The van der Waals surface area contributed by atoms with Gasteiger partial charge in [-0.1, -0.05) is 23.6 Å². The Bertz CT molecular complexity index is 2510. The van der Waals surface area contributed by atoms with E-state index in [4.69, 9.17) is 22.3 Å². The van der Waals surface area contributed by atoms with Gasteiger partial charge in [0.15, 0.2) is 15.7 Å². The Morgan fingerprint density at radius 2 is 1.54 bits per heavy atom. The van der Waals surface area contributed by atoms with Crippen LogP contribution < -0.4 is 9.44 Å². The second kappa shape index (κ2) is 15.2. The summed E-state index contributed by atoms with van der Waals surface area (Å²) < 4.78 is 147. The smallest absolute Gasteiger partial charge is 0.289 e. The van der Waals surface area contributed by atoms with E-state index < -0.39 is 81.7 Å². The van der Waals surface area contributed by atoms with Crippen molar-refractivity contribution >= 4 is 70.6 Å². The predicted octanol–water partition coefficient (Wildman–Crippen LogP) is 5.82. The molecule has 4 aromatic rings. The van der Waals surface area contributed by atoms with Crippen molar-refractivity contribution in [1.82, 2.24) is 14.8 Å². The number of hydrogen-bond acceptors (Lipinski definition) is 9. The Morgan fingerprint density at radius 1 is 0.963 bits per heavy atom. The van der Waals surface area contributed by atoms with E-state index >= 15 is 4.39 Å². The number of hydrogen-bond donors (Lipinski definition) is 1. The molecule has 1 aliphatic carbocycles. The number of nitrogens with zero attached hydrogens (tertiary/aromatic N) is 4. The highest BCUT2D eigenvalue weighted by Gasteiger charge is 2.38. The van der Waals surface area contributed by atoms with Gasteiger partial charge in [0, 0.05) is 23.4 Å². The minimum Gasteiger partial charge on any atom is -0.322 e.